The van der Waals surface area contributed by atoms with Crippen LogP contribution in [0.4, 0.5) is 0 Å². The molecule has 0 radical (unpaired) electrons. The second-order valence-electron chi connectivity index (χ2n) is 10.5. The van der Waals surface area contributed by atoms with Crippen LogP contribution in [0.5, 0.6) is 0 Å². The first-order chi connectivity index (χ1) is 14.5. The van der Waals surface area contributed by atoms with E-state index < -0.39 is 14.3 Å². The van der Waals surface area contributed by atoms with E-state index in [0.29, 0.717) is 12.3 Å². The zero-order chi connectivity index (χ0) is 23.1. The molecule has 7 heteroatoms. The molecule has 6 nitrogen and oxygen atoms in total. The quantitative estimate of drug-likeness (QED) is 0.237. The Kier molecular flexibility index (Phi) is 6.89. The van der Waals surface area contributed by atoms with Crippen LogP contribution in [0, 0.1) is 11.8 Å². The smallest absolute Gasteiger partial charge is 0.355 e. The average Bonchev–Trinajstić information content (AvgIpc) is 2.96. The molecule has 0 bridgehead atoms. The zero-order valence-corrected chi connectivity index (χ0v) is 21.2. The topological polar surface area (TPSA) is 65.1 Å². The Morgan fingerprint density at radius 2 is 2.00 bits per heavy atom. The highest BCUT2D eigenvalue weighted by Gasteiger charge is 2.63. The number of fused-ring (bicyclic) bond motifs is 3. The van der Waals surface area contributed by atoms with E-state index in [9.17, 15) is 9.59 Å². The third-order valence-corrected chi connectivity index (χ3v) is 12.1. The van der Waals surface area contributed by atoms with Gasteiger partial charge in [-0.25, -0.2) is 4.79 Å². The maximum Gasteiger partial charge on any atom is 0.355 e. The average molecular weight is 450 g/mol. The normalized spacial score (nSPS) is 29.3. The number of nitrogens with zero attached hydrogens (tertiary/aromatic N) is 1. The number of carbonyl (C=O) groups is 2. The predicted octanol–water partition coefficient (Wildman–Crippen LogP) is 4.43. The van der Waals surface area contributed by atoms with Gasteiger partial charge in [0.15, 0.2) is 8.32 Å². The van der Waals surface area contributed by atoms with Crippen LogP contribution < -0.4 is 0 Å². The molecule has 1 amide bonds. The van der Waals surface area contributed by atoms with E-state index >= 15 is 0 Å². The van der Waals surface area contributed by atoms with Gasteiger partial charge in [0.25, 0.3) is 0 Å². The lowest BCUT2D eigenvalue weighted by atomic mass is 9.71. The number of β-lactam (4-membered cyclic amide) rings is 1. The number of esters is 1. The summed E-state index contributed by atoms with van der Waals surface area (Å²) >= 11 is 0. The number of hydrogen-bond acceptors (Lipinski definition) is 5. The fourth-order valence-electron chi connectivity index (χ4n) is 5.10. The van der Waals surface area contributed by atoms with Crippen LogP contribution in [0.15, 0.2) is 23.9 Å². The highest BCUT2D eigenvalue weighted by Crippen LogP contribution is 2.54. The number of amides is 1. The summed E-state index contributed by atoms with van der Waals surface area (Å²) in [4.78, 5) is 28.0. The second kappa shape index (κ2) is 8.83. The Morgan fingerprint density at radius 3 is 2.58 bits per heavy atom. The van der Waals surface area contributed by atoms with Gasteiger partial charge < -0.3 is 18.8 Å². The van der Waals surface area contributed by atoms with Gasteiger partial charge in [-0.15, -0.1) is 0 Å². The Bertz CT molecular complexity index is 766. The summed E-state index contributed by atoms with van der Waals surface area (Å²) in [5, 5.41) is 0.0668. The minimum Gasteiger partial charge on any atom is -0.457 e. The molecule has 5 unspecified atom stereocenters. The van der Waals surface area contributed by atoms with Gasteiger partial charge in [0, 0.05) is 12.5 Å². The Hall–Kier alpha value is -1.44. The third-order valence-electron chi connectivity index (χ3n) is 7.53. The molecule has 2 fully saturated rings. The molecule has 0 aromatic heterocycles. The molecule has 174 valence electrons. The number of rotatable bonds is 8. The van der Waals surface area contributed by atoms with E-state index in [0.717, 1.165) is 24.8 Å². The molecule has 1 saturated carbocycles. The van der Waals surface area contributed by atoms with Gasteiger partial charge in [-0.3, -0.25) is 4.79 Å². The van der Waals surface area contributed by atoms with Crippen molar-refractivity contribution in [2.45, 2.75) is 90.3 Å². The fourth-order valence-corrected chi connectivity index (χ4v) is 6.53. The van der Waals surface area contributed by atoms with Crippen molar-refractivity contribution >= 4 is 20.2 Å². The van der Waals surface area contributed by atoms with Gasteiger partial charge in [0.2, 0.25) is 5.91 Å². The zero-order valence-electron chi connectivity index (χ0n) is 20.2. The summed E-state index contributed by atoms with van der Waals surface area (Å²) in [6.07, 6.45) is 4.07. The van der Waals surface area contributed by atoms with Gasteiger partial charge in [-0.1, -0.05) is 33.4 Å². The molecular formula is C24H39NO5Si. The highest BCUT2D eigenvalue weighted by atomic mass is 28.4. The first-order valence-electron chi connectivity index (χ1n) is 11.6. The van der Waals surface area contributed by atoms with Crippen molar-refractivity contribution < 1.29 is 23.5 Å². The van der Waals surface area contributed by atoms with Gasteiger partial charge >= 0.3 is 5.97 Å². The van der Waals surface area contributed by atoms with Crippen LogP contribution in [-0.2, 0) is 23.5 Å². The summed E-state index contributed by atoms with van der Waals surface area (Å²) in [5.41, 5.74) is 1.37. The summed E-state index contributed by atoms with van der Waals surface area (Å²) in [6.45, 7) is 19.4. The molecule has 3 rings (SSSR count). The maximum absolute atomic E-state index is 13.4. The van der Waals surface area contributed by atoms with E-state index in [2.05, 4.69) is 40.4 Å². The third kappa shape index (κ3) is 4.16. The van der Waals surface area contributed by atoms with Crippen molar-refractivity contribution in [1.29, 1.82) is 0 Å². The SMILES string of the molecule is C=CCOC(=O)C1=C2C(OCC)CCCC2C2C(C(C)O[Si](C)(C)C(C)(C)C)C(=O)N12. The summed E-state index contributed by atoms with van der Waals surface area (Å²) in [7, 11) is -2.02. The standard InChI is InChI=1S/C24H39NO5Si/c1-9-14-29-23(27)21-19-16(12-11-13-17(19)28-10-2)20-18(22(26)25(20)21)15(3)30-31(7,8)24(4,5)6/h9,15-18,20H,1,10-14H2,2-8H3. The molecular weight excluding hydrogens is 410 g/mol. The van der Waals surface area contributed by atoms with E-state index in [1.807, 2.05) is 13.8 Å². The van der Waals surface area contributed by atoms with E-state index in [1.165, 1.54) is 0 Å². The minimum absolute atomic E-state index is 0.0288. The van der Waals surface area contributed by atoms with Crippen LogP contribution in [0.2, 0.25) is 18.1 Å². The van der Waals surface area contributed by atoms with Crippen molar-refractivity contribution in [3.05, 3.63) is 23.9 Å². The van der Waals surface area contributed by atoms with Crippen molar-refractivity contribution in [2.75, 3.05) is 13.2 Å². The summed E-state index contributed by atoms with van der Waals surface area (Å²) in [6, 6.07) is -0.0446. The Morgan fingerprint density at radius 1 is 1.32 bits per heavy atom. The number of carbonyl (C=O) groups excluding carboxylic acids is 2. The highest BCUT2D eigenvalue weighted by molar-refractivity contribution is 6.74. The van der Waals surface area contributed by atoms with Crippen molar-refractivity contribution in [3.8, 4) is 0 Å². The van der Waals surface area contributed by atoms with Crippen LogP contribution in [0.25, 0.3) is 0 Å². The number of ether oxygens (including phenoxy) is 2. The predicted molar refractivity (Wildman–Crippen MR) is 123 cm³/mol. The molecule has 1 saturated heterocycles. The van der Waals surface area contributed by atoms with Crippen LogP contribution in [0.3, 0.4) is 0 Å². The van der Waals surface area contributed by atoms with E-state index in [1.54, 1.807) is 11.0 Å². The molecule has 0 spiro atoms. The first-order valence-corrected chi connectivity index (χ1v) is 14.5. The molecule has 31 heavy (non-hydrogen) atoms. The Balaban J connectivity index is 1.91. The van der Waals surface area contributed by atoms with Crippen molar-refractivity contribution in [1.82, 2.24) is 4.90 Å². The molecule has 2 aliphatic heterocycles. The molecule has 0 aromatic carbocycles. The fraction of sp³-hybridized carbons (Fsp3) is 0.750. The number of hydrogen-bond donors (Lipinski definition) is 0. The minimum atomic E-state index is -2.02. The molecule has 0 aromatic rings. The maximum atomic E-state index is 13.4. The molecule has 3 aliphatic rings. The second-order valence-corrected chi connectivity index (χ2v) is 15.2. The lowest BCUT2D eigenvalue weighted by Crippen LogP contribution is -2.65. The van der Waals surface area contributed by atoms with E-state index in [-0.39, 0.29) is 47.6 Å². The Labute approximate surface area is 188 Å². The van der Waals surface area contributed by atoms with Crippen LogP contribution >= 0.6 is 0 Å². The summed E-state index contributed by atoms with van der Waals surface area (Å²) < 4.78 is 18.0. The molecule has 1 aliphatic carbocycles. The van der Waals surface area contributed by atoms with E-state index in [4.69, 9.17) is 13.9 Å². The molecule has 0 N–H and O–H groups in total. The van der Waals surface area contributed by atoms with Gasteiger partial charge in [0.1, 0.15) is 12.3 Å². The van der Waals surface area contributed by atoms with Crippen LogP contribution in [-0.4, -0.2) is 56.6 Å². The molecule has 5 atom stereocenters. The lowest BCUT2D eigenvalue weighted by Gasteiger charge is -2.51. The monoisotopic (exact) mass is 449 g/mol. The van der Waals surface area contributed by atoms with Crippen molar-refractivity contribution in [3.63, 3.8) is 0 Å². The lowest BCUT2D eigenvalue weighted by molar-refractivity contribution is -0.164. The van der Waals surface area contributed by atoms with Gasteiger partial charge in [-0.05, 0) is 56.8 Å². The largest absolute Gasteiger partial charge is 0.457 e. The van der Waals surface area contributed by atoms with Crippen LogP contribution in [0.1, 0.15) is 53.9 Å². The molecule has 2 heterocycles. The van der Waals surface area contributed by atoms with Gasteiger partial charge in [-0.2, -0.15) is 0 Å². The summed E-state index contributed by atoms with van der Waals surface area (Å²) in [5.74, 6) is -0.582. The first kappa shape index (κ1) is 24.2. The van der Waals surface area contributed by atoms with Gasteiger partial charge in [0.05, 0.1) is 24.2 Å². The van der Waals surface area contributed by atoms with Crippen molar-refractivity contribution in [2.24, 2.45) is 11.8 Å².